The molecule has 2 N–H and O–H groups in total. The predicted molar refractivity (Wildman–Crippen MR) is 115 cm³/mol. The number of nitrogens with one attached hydrogen (secondary N) is 2. The Hall–Kier alpha value is -3.49. The molecule has 3 heterocycles. The average Bonchev–Trinajstić information content (AvgIpc) is 3.16. The number of urea groups is 1. The zero-order valence-corrected chi connectivity index (χ0v) is 17.6. The molecule has 3 amide bonds. The van der Waals surface area contributed by atoms with Crippen LogP contribution in [0.25, 0.3) is 5.65 Å². The van der Waals surface area contributed by atoms with Crippen LogP contribution in [0.2, 0.25) is 0 Å². The van der Waals surface area contributed by atoms with Gasteiger partial charge < -0.3 is 15.5 Å². The maximum Gasteiger partial charge on any atom is 0.319 e. The van der Waals surface area contributed by atoms with Gasteiger partial charge in [0.15, 0.2) is 5.65 Å². The fraction of sp³-hybridized carbons (Fsp3) is 0.364. The second-order valence-corrected chi connectivity index (χ2v) is 7.94. The molecule has 1 aliphatic rings. The number of likely N-dealkylation sites (tertiary alicyclic amines) is 1. The van der Waals surface area contributed by atoms with Crippen LogP contribution in [0, 0.1) is 25.6 Å². The summed E-state index contributed by atoms with van der Waals surface area (Å²) in [6.07, 6.45) is 3.34. The number of carbonyl (C=O) groups is 2. The summed E-state index contributed by atoms with van der Waals surface area (Å²) in [6.45, 7) is 5.45. The van der Waals surface area contributed by atoms with Crippen LogP contribution in [-0.4, -0.2) is 51.1 Å². The predicted octanol–water partition coefficient (Wildman–Crippen LogP) is 3.16. The highest BCUT2D eigenvalue weighted by atomic mass is 19.1. The molecule has 4 rings (SSSR count). The topological polar surface area (TPSA) is 91.6 Å². The molecular formula is C22H25FN6O2. The average molecular weight is 424 g/mol. The number of aromatic nitrogens is 3. The first-order valence-corrected chi connectivity index (χ1v) is 10.3. The molecule has 3 aromatic rings. The summed E-state index contributed by atoms with van der Waals surface area (Å²) in [5.41, 5.74) is 3.21. The number of benzene rings is 1. The second kappa shape index (κ2) is 8.71. The number of halogens is 1. The number of hydrogen-bond acceptors (Lipinski definition) is 4. The third kappa shape index (κ3) is 4.65. The van der Waals surface area contributed by atoms with Gasteiger partial charge in [-0.2, -0.15) is 5.10 Å². The fourth-order valence-electron chi connectivity index (χ4n) is 3.99. The van der Waals surface area contributed by atoms with E-state index in [1.807, 2.05) is 19.9 Å². The maximum absolute atomic E-state index is 13.3. The molecule has 2 aromatic heterocycles. The van der Waals surface area contributed by atoms with Gasteiger partial charge in [0.2, 0.25) is 0 Å². The van der Waals surface area contributed by atoms with E-state index in [0.29, 0.717) is 36.5 Å². The molecule has 1 fully saturated rings. The summed E-state index contributed by atoms with van der Waals surface area (Å²) in [5, 5.41) is 9.75. The summed E-state index contributed by atoms with van der Waals surface area (Å²) >= 11 is 0. The van der Waals surface area contributed by atoms with Gasteiger partial charge in [0, 0.05) is 36.7 Å². The lowest BCUT2D eigenvalue weighted by atomic mass is 9.97. The molecule has 162 valence electrons. The molecule has 0 spiro atoms. The smallest absolute Gasteiger partial charge is 0.319 e. The van der Waals surface area contributed by atoms with Crippen molar-refractivity contribution in [2.24, 2.45) is 5.92 Å². The van der Waals surface area contributed by atoms with Crippen LogP contribution in [0.3, 0.4) is 0 Å². The molecule has 0 saturated carbocycles. The third-order valence-corrected chi connectivity index (χ3v) is 5.45. The Kier molecular flexibility index (Phi) is 5.83. The number of rotatable bonds is 4. The van der Waals surface area contributed by atoms with E-state index in [9.17, 15) is 14.0 Å². The number of hydrogen-bond donors (Lipinski definition) is 2. The molecular weight excluding hydrogens is 399 g/mol. The highest BCUT2D eigenvalue weighted by molar-refractivity contribution is 5.99. The van der Waals surface area contributed by atoms with Crippen LogP contribution >= 0.6 is 0 Å². The van der Waals surface area contributed by atoms with Crippen LogP contribution < -0.4 is 10.6 Å². The van der Waals surface area contributed by atoms with Gasteiger partial charge in [-0.3, -0.25) is 4.79 Å². The van der Waals surface area contributed by atoms with E-state index < -0.39 is 11.8 Å². The zero-order valence-electron chi connectivity index (χ0n) is 17.6. The van der Waals surface area contributed by atoms with E-state index in [1.165, 1.54) is 18.2 Å². The highest BCUT2D eigenvalue weighted by Crippen LogP contribution is 2.20. The standard InChI is InChI=1S/C22H25FN6O2/c1-14-9-15(2)29-20(26-14)19(12-25-29)21(30)28-8-4-5-16(13-28)11-24-22(31)27-18-7-3-6-17(23)10-18/h3,6-7,9-10,12,16H,4-5,8,11,13H2,1-2H3,(H2,24,27,31). The van der Waals surface area contributed by atoms with Gasteiger partial charge in [-0.15, -0.1) is 0 Å². The Labute approximate surface area is 179 Å². The summed E-state index contributed by atoms with van der Waals surface area (Å²) in [5.74, 6) is -0.373. The van der Waals surface area contributed by atoms with Crippen LogP contribution in [0.5, 0.6) is 0 Å². The van der Waals surface area contributed by atoms with E-state index in [2.05, 4.69) is 20.7 Å². The molecule has 31 heavy (non-hydrogen) atoms. The lowest BCUT2D eigenvalue weighted by Gasteiger charge is -2.32. The summed E-state index contributed by atoms with van der Waals surface area (Å²) in [4.78, 5) is 31.6. The van der Waals surface area contributed by atoms with Gasteiger partial charge in [0.05, 0.1) is 6.20 Å². The molecule has 1 aromatic carbocycles. The summed E-state index contributed by atoms with van der Waals surface area (Å²) in [7, 11) is 0. The van der Waals surface area contributed by atoms with Crippen LogP contribution in [0.1, 0.15) is 34.6 Å². The van der Waals surface area contributed by atoms with E-state index in [1.54, 1.807) is 21.7 Å². The van der Waals surface area contributed by atoms with Crippen molar-refractivity contribution in [2.75, 3.05) is 25.0 Å². The molecule has 1 aliphatic heterocycles. The van der Waals surface area contributed by atoms with Crippen molar-refractivity contribution in [3.05, 3.63) is 59.3 Å². The van der Waals surface area contributed by atoms with Gasteiger partial charge >= 0.3 is 6.03 Å². The maximum atomic E-state index is 13.3. The minimum absolute atomic E-state index is 0.0959. The van der Waals surface area contributed by atoms with Crippen LogP contribution in [0.15, 0.2) is 36.5 Å². The van der Waals surface area contributed by atoms with Crippen molar-refractivity contribution in [2.45, 2.75) is 26.7 Å². The quantitative estimate of drug-likeness (QED) is 0.673. The normalized spacial score (nSPS) is 16.4. The molecule has 1 atom stereocenters. The Morgan fingerprint density at radius 2 is 2.10 bits per heavy atom. The van der Waals surface area contributed by atoms with Gasteiger partial charge in [0.1, 0.15) is 11.4 Å². The first-order chi connectivity index (χ1) is 14.9. The van der Waals surface area contributed by atoms with E-state index in [-0.39, 0.29) is 11.8 Å². The van der Waals surface area contributed by atoms with E-state index >= 15 is 0 Å². The lowest BCUT2D eigenvalue weighted by molar-refractivity contribution is 0.0677. The monoisotopic (exact) mass is 424 g/mol. The van der Waals surface area contributed by atoms with Crippen molar-refractivity contribution < 1.29 is 14.0 Å². The molecule has 0 radical (unpaired) electrons. The van der Waals surface area contributed by atoms with Crippen molar-refractivity contribution in [1.82, 2.24) is 24.8 Å². The molecule has 1 saturated heterocycles. The number of piperidine rings is 1. The summed E-state index contributed by atoms with van der Waals surface area (Å²) in [6, 6.07) is 7.26. The molecule has 0 aliphatic carbocycles. The van der Waals surface area contributed by atoms with Gasteiger partial charge in [-0.05, 0) is 56.9 Å². The van der Waals surface area contributed by atoms with Gasteiger partial charge in [0.25, 0.3) is 5.91 Å². The Morgan fingerprint density at radius 3 is 2.90 bits per heavy atom. The molecule has 9 heteroatoms. The van der Waals surface area contributed by atoms with Crippen molar-refractivity contribution in [3.8, 4) is 0 Å². The van der Waals surface area contributed by atoms with Crippen molar-refractivity contribution in [3.63, 3.8) is 0 Å². The van der Waals surface area contributed by atoms with Gasteiger partial charge in [-0.1, -0.05) is 6.07 Å². The summed E-state index contributed by atoms with van der Waals surface area (Å²) < 4.78 is 14.9. The number of anilines is 1. The zero-order chi connectivity index (χ0) is 22.0. The number of fused-ring (bicyclic) bond motifs is 1. The number of amides is 3. The molecule has 8 nitrogen and oxygen atoms in total. The fourth-order valence-corrected chi connectivity index (χ4v) is 3.99. The Balaban J connectivity index is 1.37. The third-order valence-electron chi connectivity index (χ3n) is 5.45. The Bertz CT molecular complexity index is 1130. The van der Waals surface area contributed by atoms with Crippen molar-refractivity contribution in [1.29, 1.82) is 0 Å². The molecule has 0 bridgehead atoms. The molecule has 1 unspecified atom stereocenters. The number of carbonyl (C=O) groups excluding carboxylic acids is 2. The van der Waals surface area contributed by atoms with Crippen LogP contribution in [-0.2, 0) is 0 Å². The minimum Gasteiger partial charge on any atom is -0.338 e. The Morgan fingerprint density at radius 1 is 1.26 bits per heavy atom. The minimum atomic E-state index is -0.410. The first kappa shape index (κ1) is 20.8. The van der Waals surface area contributed by atoms with Gasteiger partial charge in [-0.25, -0.2) is 18.7 Å². The van der Waals surface area contributed by atoms with E-state index in [4.69, 9.17) is 0 Å². The highest BCUT2D eigenvalue weighted by Gasteiger charge is 2.27. The van der Waals surface area contributed by atoms with Crippen LogP contribution in [0.4, 0.5) is 14.9 Å². The second-order valence-electron chi connectivity index (χ2n) is 7.94. The van der Waals surface area contributed by atoms with E-state index in [0.717, 1.165) is 24.2 Å². The SMILES string of the molecule is Cc1cc(C)n2ncc(C(=O)N3CCCC(CNC(=O)Nc4cccc(F)c4)C3)c2n1. The number of aryl methyl sites for hydroxylation is 2. The number of nitrogens with zero attached hydrogens (tertiary/aromatic N) is 4. The lowest BCUT2D eigenvalue weighted by Crippen LogP contribution is -2.44. The largest absolute Gasteiger partial charge is 0.338 e. The van der Waals surface area contributed by atoms with Crippen molar-refractivity contribution >= 4 is 23.3 Å². The first-order valence-electron chi connectivity index (χ1n) is 10.3.